The molecule has 3 nitrogen and oxygen atoms in total. The van der Waals surface area contributed by atoms with Crippen molar-refractivity contribution in [1.29, 1.82) is 0 Å². The number of halogens is 1. The second-order valence-corrected chi connectivity index (χ2v) is 8.35. The second kappa shape index (κ2) is 5.83. The number of aryl methyl sites for hydroxylation is 1. The Kier molecular flexibility index (Phi) is 4.26. The van der Waals surface area contributed by atoms with Crippen LogP contribution in [-0.4, -0.2) is 20.6 Å². The average molecular weight is 373 g/mol. The first-order valence-corrected chi connectivity index (χ1v) is 9.44. The molecule has 1 aliphatic rings. The highest BCUT2D eigenvalue weighted by Gasteiger charge is 2.24. The van der Waals surface area contributed by atoms with Crippen molar-refractivity contribution in [3.8, 4) is 0 Å². The van der Waals surface area contributed by atoms with Crippen LogP contribution in [-0.2, 0) is 12.2 Å². The van der Waals surface area contributed by atoms with Gasteiger partial charge in [-0.25, -0.2) is 0 Å². The van der Waals surface area contributed by atoms with Crippen molar-refractivity contribution in [3.05, 3.63) is 37.7 Å². The van der Waals surface area contributed by atoms with Crippen LogP contribution in [0.2, 0.25) is 0 Å². The molecule has 0 radical (unpaired) electrons. The van der Waals surface area contributed by atoms with E-state index in [0.717, 1.165) is 27.2 Å². The van der Waals surface area contributed by atoms with Gasteiger partial charge in [0.2, 0.25) is 0 Å². The Morgan fingerprint density at radius 1 is 1.45 bits per heavy atom. The number of thiophene rings is 1. The lowest BCUT2D eigenvalue weighted by Gasteiger charge is -2.15. The van der Waals surface area contributed by atoms with Gasteiger partial charge in [0.15, 0.2) is 0 Å². The monoisotopic (exact) mass is 372 g/mol. The van der Waals surface area contributed by atoms with Crippen molar-refractivity contribution >= 4 is 39.0 Å². The summed E-state index contributed by atoms with van der Waals surface area (Å²) in [6, 6.07) is 2.40. The van der Waals surface area contributed by atoms with Gasteiger partial charge in [-0.2, -0.15) is 16.9 Å². The largest absolute Gasteiger partial charge is 0.381 e. The van der Waals surface area contributed by atoms with E-state index in [9.17, 15) is 5.11 Å². The first-order chi connectivity index (χ1) is 9.58. The number of aromatic nitrogens is 2. The number of nitrogens with zero attached hydrogens (tertiary/aromatic N) is 2. The fourth-order valence-corrected chi connectivity index (χ4v) is 5.31. The van der Waals surface area contributed by atoms with Gasteiger partial charge in [0, 0.05) is 21.5 Å². The summed E-state index contributed by atoms with van der Waals surface area (Å²) in [5.74, 6) is 2.26. The van der Waals surface area contributed by atoms with E-state index < -0.39 is 6.10 Å². The van der Waals surface area contributed by atoms with Crippen LogP contribution in [0.5, 0.6) is 0 Å². The lowest BCUT2D eigenvalue weighted by atomic mass is 10.1. The number of aliphatic hydroxyl groups is 1. The predicted octanol–water partition coefficient (Wildman–Crippen LogP) is 4.16. The van der Waals surface area contributed by atoms with Gasteiger partial charge in [0.05, 0.1) is 16.4 Å². The predicted molar refractivity (Wildman–Crippen MR) is 88.6 cm³/mol. The first-order valence-electron chi connectivity index (χ1n) is 6.68. The third-order valence-electron chi connectivity index (χ3n) is 3.45. The van der Waals surface area contributed by atoms with Gasteiger partial charge in [-0.15, -0.1) is 11.3 Å². The molecule has 1 N–H and O–H groups in total. The van der Waals surface area contributed by atoms with E-state index in [4.69, 9.17) is 0 Å². The molecule has 3 heterocycles. The lowest BCUT2D eigenvalue weighted by molar-refractivity contribution is 0.208. The summed E-state index contributed by atoms with van der Waals surface area (Å²) in [4.78, 5) is 2.46. The third-order valence-corrected chi connectivity index (χ3v) is 6.36. The Bertz CT molecular complexity index is 597. The van der Waals surface area contributed by atoms with Gasteiger partial charge >= 0.3 is 0 Å². The fourth-order valence-electron chi connectivity index (χ4n) is 2.46. The Balaban J connectivity index is 1.98. The molecule has 2 aromatic heterocycles. The highest BCUT2D eigenvalue weighted by molar-refractivity contribution is 9.10. The zero-order valence-corrected chi connectivity index (χ0v) is 14.7. The number of thioether (sulfide) groups is 1. The van der Waals surface area contributed by atoms with E-state index in [1.54, 1.807) is 17.5 Å². The molecule has 2 aromatic rings. The second-order valence-electron chi connectivity index (χ2n) is 5.22. The van der Waals surface area contributed by atoms with Crippen LogP contribution in [0.25, 0.3) is 0 Å². The van der Waals surface area contributed by atoms with Gasteiger partial charge in [-0.05, 0) is 53.6 Å². The summed E-state index contributed by atoms with van der Waals surface area (Å²) in [6.07, 6.45) is 2.29. The topological polar surface area (TPSA) is 38.0 Å². The highest BCUT2D eigenvalue weighted by atomic mass is 79.9. The van der Waals surface area contributed by atoms with Crippen LogP contribution in [0.15, 0.2) is 16.7 Å². The van der Waals surface area contributed by atoms with Gasteiger partial charge in [0.1, 0.15) is 6.10 Å². The summed E-state index contributed by atoms with van der Waals surface area (Å²) in [7, 11) is 0. The minimum absolute atomic E-state index is 0.232. The maximum atomic E-state index is 10.8. The SMILES string of the molecule is CC(C)n1ncc(Br)c1C(O)c1cc2c(s1)CCSC2. The fraction of sp³-hybridized carbons (Fsp3) is 0.500. The van der Waals surface area contributed by atoms with Crippen LogP contribution >= 0.6 is 39.0 Å². The molecule has 0 aromatic carbocycles. The van der Waals surface area contributed by atoms with Crippen LogP contribution < -0.4 is 0 Å². The minimum Gasteiger partial charge on any atom is -0.381 e. The molecule has 1 unspecified atom stereocenters. The average Bonchev–Trinajstić information content (AvgIpc) is 3.01. The highest BCUT2D eigenvalue weighted by Crippen LogP contribution is 2.38. The van der Waals surface area contributed by atoms with Gasteiger partial charge < -0.3 is 5.11 Å². The molecule has 0 bridgehead atoms. The number of fused-ring (bicyclic) bond motifs is 1. The maximum absolute atomic E-state index is 10.8. The Morgan fingerprint density at radius 2 is 2.25 bits per heavy atom. The quantitative estimate of drug-likeness (QED) is 0.878. The molecule has 0 saturated carbocycles. The molecule has 1 atom stereocenters. The molecular formula is C14H17BrN2OS2. The van der Waals surface area contributed by atoms with Crippen molar-refractivity contribution < 1.29 is 5.11 Å². The van der Waals surface area contributed by atoms with Gasteiger partial charge in [-0.3, -0.25) is 4.68 Å². The normalized spacial score (nSPS) is 16.4. The van der Waals surface area contributed by atoms with E-state index in [1.165, 1.54) is 16.2 Å². The van der Waals surface area contributed by atoms with Gasteiger partial charge in [0.25, 0.3) is 0 Å². The number of hydrogen-bond acceptors (Lipinski definition) is 4. The Hall–Kier alpha value is -0.300. The van der Waals surface area contributed by atoms with E-state index in [0.29, 0.717) is 0 Å². The number of hydrogen-bond donors (Lipinski definition) is 1. The minimum atomic E-state index is -0.602. The summed E-state index contributed by atoms with van der Waals surface area (Å²) >= 11 is 7.23. The van der Waals surface area contributed by atoms with Crippen LogP contribution in [0.3, 0.4) is 0 Å². The van der Waals surface area contributed by atoms with Crippen molar-refractivity contribution in [2.24, 2.45) is 0 Å². The summed E-state index contributed by atoms with van der Waals surface area (Å²) in [5, 5.41) is 15.1. The maximum Gasteiger partial charge on any atom is 0.131 e. The van der Waals surface area contributed by atoms with Crippen molar-refractivity contribution in [1.82, 2.24) is 9.78 Å². The molecule has 6 heteroatoms. The lowest BCUT2D eigenvalue weighted by Crippen LogP contribution is -2.11. The number of rotatable bonds is 3. The Morgan fingerprint density at radius 3 is 2.95 bits per heavy atom. The van der Waals surface area contributed by atoms with Crippen LogP contribution in [0, 0.1) is 0 Å². The van der Waals surface area contributed by atoms with Crippen LogP contribution in [0.4, 0.5) is 0 Å². The molecule has 0 saturated heterocycles. The van der Waals surface area contributed by atoms with E-state index >= 15 is 0 Å². The molecule has 0 fully saturated rings. The first kappa shape index (κ1) is 14.6. The van der Waals surface area contributed by atoms with Crippen molar-refractivity contribution in [2.45, 2.75) is 38.2 Å². The van der Waals surface area contributed by atoms with Gasteiger partial charge in [-0.1, -0.05) is 0 Å². The summed E-state index contributed by atoms with van der Waals surface area (Å²) in [5.41, 5.74) is 2.25. The number of aliphatic hydroxyl groups excluding tert-OH is 1. The zero-order chi connectivity index (χ0) is 14.3. The van der Waals surface area contributed by atoms with Crippen molar-refractivity contribution in [2.75, 3.05) is 5.75 Å². The van der Waals surface area contributed by atoms with E-state index in [-0.39, 0.29) is 6.04 Å². The smallest absolute Gasteiger partial charge is 0.131 e. The molecule has 1 aliphatic heterocycles. The van der Waals surface area contributed by atoms with E-state index in [1.807, 2.05) is 16.4 Å². The summed E-state index contributed by atoms with van der Waals surface area (Å²) < 4.78 is 2.77. The van der Waals surface area contributed by atoms with Crippen LogP contribution in [0.1, 0.15) is 47.0 Å². The van der Waals surface area contributed by atoms with Crippen molar-refractivity contribution in [3.63, 3.8) is 0 Å². The molecular weight excluding hydrogens is 356 g/mol. The molecule has 108 valence electrons. The molecule has 0 aliphatic carbocycles. The molecule has 0 amide bonds. The molecule has 0 spiro atoms. The van der Waals surface area contributed by atoms with E-state index in [2.05, 4.69) is 40.9 Å². The standard InChI is InChI=1S/C14H17BrN2OS2/c1-8(2)17-13(10(15)6-16-17)14(18)12-5-9-7-19-4-3-11(9)20-12/h5-6,8,14,18H,3-4,7H2,1-2H3. The third kappa shape index (κ3) is 2.58. The summed E-state index contributed by atoms with van der Waals surface area (Å²) in [6.45, 7) is 4.15. The molecule has 3 rings (SSSR count). The molecule has 20 heavy (non-hydrogen) atoms. The Labute approximate surface area is 135 Å². The zero-order valence-electron chi connectivity index (χ0n) is 11.5.